The van der Waals surface area contributed by atoms with Gasteiger partial charge in [0.2, 0.25) is 5.91 Å². The highest BCUT2D eigenvalue weighted by Gasteiger charge is 2.30. The van der Waals surface area contributed by atoms with Gasteiger partial charge in [0.1, 0.15) is 11.7 Å². The zero-order valence-corrected chi connectivity index (χ0v) is 14.6. The molecular weight excluding hydrogens is 346 g/mol. The van der Waals surface area contributed by atoms with Crippen LogP contribution in [0, 0.1) is 21.4 Å². The number of nitrogens with two attached hydrogens (primary N) is 1. The molecule has 1 fully saturated rings. The van der Waals surface area contributed by atoms with Gasteiger partial charge in [-0.1, -0.05) is 30.3 Å². The van der Waals surface area contributed by atoms with E-state index in [4.69, 9.17) is 11.0 Å². The molecule has 27 heavy (non-hydrogen) atoms. The summed E-state index contributed by atoms with van der Waals surface area (Å²) in [6, 6.07) is 15.2. The van der Waals surface area contributed by atoms with Crippen LogP contribution in [-0.2, 0) is 4.79 Å². The number of nitro benzene ring substituents is 1. The predicted octanol–water partition coefficient (Wildman–Crippen LogP) is 1.82. The number of piperazine rings is 1. The van der Waals surface area contributed by atoms with Crippen molar-refractivity contribution in [3.63, 3.8) is 0 Å². The summed E-state index contributed by atoms with van der Waals surface area (Å²) in [5.74, 6) is -0.418. The van der Waals surface area contributed by atoms with Crippen LogP contribution in [0.4, 0.5) is 11.4 Å². The number of nitrogens with zero attached hydrogens (tertiary/aromatic N) is 4. The lowest BCUT2D eigenvalue weighted by Crippen LogP contribution is -2.50. The highest BCUT2D eigenvalue weighted by molar-refractivity contribution is 5.81. The largest absolute Gasteiger partial charge is 0.368 e. The smallest absolute Gasteiger partial charge is 0.293 e. The molecule has 0 radical (unpaired) electrons. The Morgan fingerprint density at radius 2 is 1.81 bits per heavy atom. The Bertz CT molecular complexity index is 886. The first-order valence-electron chi connectivity index (χ1n) is 8.53. The van der Waals surface area contributed by atoms with E-state index >= 15 is 0 Å². The van der Waals surface area contributed by atoms with E-state index in [9.17, 15) is 14.9 Å². The van der Waals surface area contributed by atoms with Gasteiger partial charge in [-0.25, -0.2) is 0 Å². The second-order valence-corrected chi connectivity index (χ2v) is 6.31. The van der Waals surface area contributed by atoms with Crippen LogP contribution in [0.1, 0.15) is 17.2 Å². The lowest BCUT2D eigenvalue weighted by molar-refractivity contribution is -0.384. The van der Waals surface area contributed by atoms with E-state index in [1.54, 1.807) is 12.1 Å². The molecule has 0 aliphatic carbocycles. The molecule has 2 aromatic rings. The lowest BCUT2D eigenvalue weighted by atomic mass is 10.0. The summed E-state index contributed by atoms with van der Waals surface area (Å²) >= 11 is 0. The van der Waals surface area contributed by atoms with Gasteiger partial charge in [0, 0.05) is 32.2 Å². The summed E-state index contributed by atoms with van der Waals surface area (Å²) in [7, 11) is 0. The number of primary amides is 1. The van der Waals surface area contributed by atoms with Crippen LogP contribution >= 0.6 is 0 Å². The number of rotatable bonds is 5. The van der Waals surface area contributed by atoms with Crippen molar-refractivity contribution in [1.29, 1.82) is 5.26 Å². The second-order valence-electron chi connectivity index (χ2n) is 6.31. The van der Waals surface area contributed by atoms with E-state index in [1.165, 1.54) is 6.07 Å². The van der Waals surface area contributed by atoms with E-state index in [1.807, 2.05) is 46.2 Å². The molecule has 3 rings (SSSR count). The molecule has 1 saturated heterocycles. The first-order valence-corrected chi connectivity index (χ1v) is 8.53. The Morgan fingerprint density at radius 3 is 2.37 bits per heavy atom. The van der Waals surface area contributed by atoms with Crippen molar-refractivity contribution < 1.29 is 9.72 Å². The normalized spacial score (nSPS) is 15.7. The standard InChI is InChI=1S/C19H19N5O3/c20-13-14-6-7-16(17(12-14)24(26)27)22-8-10-23(11-9-22)18(19(21)25)15-4-2-1-3-5-15/h1-7,12,18H,8-11H2,(H2,21,25). The molecule has 0 bridgehead atoms. The molecule has 138 valence electrons. The van der Waals surface area contributed by atoms with E-state index in [0.29, 0.717) is 31.9 Å². The summed E-state index contributed by atoms with van der Waals surface area (Å²) < 4.78 is 0. The van der Waals surface area contributed by atoms with Crippen LogP contribution in [0.3, 0.4) is 0 Å². The zero-order valence-electron chi connectivity index (χ0n) is 14.6. The maximum Gasteiger partial charge on any atom is 0.293 e. The number of carbonyl (C=O) groups is 1. The molecule has 8 heteroatoms. The van der Waals surface area contributed by atoms with Crippen molar-refractivity contribution in [2.24, 2.45) is 5.73 Å². The zero-order chi connectivity index (χ0) is 19.4. The summed E-state index contributed by atoms with van der Waals surface area (Å²) in [5.41, 5.74) is 7.11. The first-order chi connectivity index (χ1) is 13.0. The molecule has 1 aliphatic rings. The van der Waals surface area contributed by atoms with Crippen molar-refractivity contribution >= 4 is 17.3 Å². The fourth-order valence-corrected chi connectivity index (χ4v) is 3.42. The molecule has 1 amide bonds. The van der Waals surface area contributed by atoms with Crippen LogP contribution in [0.15, 0.2) is 48.5 Å². The minimum Gasteiger partial charge on any atom is -0.368 e. The van der Waals surface area contributed by atoms with E-state index in [0.717, 1.165) is 5.56 Å². The number of carbonyl (C=O) groups excluding carboxylic acids is 1. The average molecular weight is 365 g/mol. The van der Waals surface area contributed by atoms with E-state index in [-0.39, 0.29) is 11.3 Å². The van der Waals surface area contributed by atoms with Crippen LogP contribution < -0.4 is 10.6 Å². The molecule has 2 aromatic carbocycles. The topological polar surface area (TPSA) is 117 Å². The fourth-order valence-electron chi connectivity index (χ4n) is 3.42. The lowest BCUT2D eigenvalue weighted by Gasteiger charge is -2.39. The number of nitro groups is 1. The minimum atomic E-state index is -0.524. The highest BCUT2D eigenvalue weighted by Crippen LogP contribution is 2.31. The molecule has 2 N–H and O–H groups in total. The third kappa shape index (κ3) is 3.88. The SMILES string of the molecule is N#Cc1ccc(N2CCN(C(C(N)=O)c3ccccc3)CC2)c([N+](=O)[O-])c1. The highest BCUT2D eigenvalue weighted by atomic mass is 16.6. The molecule has 0 spiro atoms. The minimum absolute atomic E-state index is 0.0861. The van der Waals surface area contributed by atoms with Gasteiger partial charge in [-0.05, 0) is 17.7 Å². The van der Waals surface area contributed by atoms with Crippen LogP contribution in [-0.4, -0.2) is 41.9 Å². The Labute approximate surface area is 156 Å². The van der Waals surface area contributed by atoms with Gasteiger partial charge in [0.05, 0.1) is 16.6 Å². The molecule has 0 saturated carbocycles. The predicted molar refractivity (Wildman–Crippen MR) is 100.0 cm³/mol. The van der Waals surface area contributed by atoms with Crippen molar-refractivity contribution in [2.45, 2.75) is 6.04 Å². The molecular formula is C19H19N5O3. The van der Waals surface area contributed by atoms with Gasteiger partial charge in [-0.15, -0.1) is 0 Å². The summed E-state index contributed by atoms with van der Waals surface area (Å²) in [6.45, 7) is 2.12. The summed E-state index contributed by atoms with van der Waals surface area (Å²) in [6.07, 6.45) is 0. The Morgan fingerprint density at radius 1 is 1.15 bits per heavy atom. The van der Waals surface area contributed by atoms with Gasteiger partial charge in [-0.2, -0.15) is 5.26 Å². The van der Waals surface area contributed by atoms with Crippen LogP contribution in [0.2, 0.25) is 0 Å². The molecule has 1 aliphatic heterocycles. The van der Waals surface area contributed by atoms with Crippen molar-refractivity contribution in [3.8, 4) is 6.07 Å². The van der Waals surface area contributed by atoms with Gasteiger partial charge < -0.3 is 10.6 Å². The number of hydrogen-bond donors (Lipinski definition) is 1. The number of nitriles is 1. The third-order valence-corrected chi connectivity index (χ3v) is 4.71. The van der Waals surface area contributed by atoms with Crippen molar-refractivity contribution in [2.75, 3.05) is 31.1 Å². The maximum absolute atomic E-state index is 12.0. The number of anilines is 1. The Kier molecular flexibility index (Phi) is 5.33. The Balaban J connectivity index is 1.78. The van der Waals surface area contributed by atoms with Crippen molar-refractivity contribution in [3.05, 3.63) is 69.8 Å². The molecule has 0 aromatic heterocycles. The quantitative estimate of drug-likeness (QED) is 0.638. The maximum atomic E-state index is 12.0. The fraction of sp³-hybridized carbons (Fsp3) is 0.263. The van der Waals surface area contributed by atoms with Gasteiger partial charge in [0.15, 0.2) is 0 Å². The van der Waals surface area contributed by atoms with E-state index < -0.39 is 16.9 Å². The molecule has 8 nitrogen and oxygen atoms in total. The van der Waals surface area contributed by atoms with Gasteiger partial charge >= 0.3 is 0 Å². The third-order valence-electron chi connectivity index (χ3n) is 4.71. The van der Waals surface area contributed by atoms with E-state index in [2.05, 4.69) is 0 Å². The summed E-state index contributed by atoms with van der Waals surface area (Å²) in [5, 5.41) is 20.3. The van der Waals surface area contributed by atoms with Crippen LogP contribution in [0.25, 0.3) is 0 Å². The second kappa shape index (κ2) is 7.85. The average Bonchev–Trinajstić information content (AvgIpc) is 2.69. The molecule has 1 unspecified atom stereocenters. The van der Waals surface area contributed by atoms with Crippen molar-refractivity contribution in [1.82, 2.24) is 4.90 Å². The van der Waals surface area contributed by atoms with Crippen LogP contribution in [0.5, 0.6) is 0 Å². The van der Waals surface area contributed by atoms with Gasteiger partial charge in [0.25, 0.3) is 5.69 Å². The molecule has 1 atom stereocenters. The summed E-state index contributed by atoms with van der Waals surface area (Å²) in [4.78, 5) is 26.8. The first kappa shape index (κ1) is 18.4. The number of benzene rings is 2. The van der Waals surface area contributed by atoms with Gasteiger partial charge in [-0.3, -0.25) is 19.8 Å². The number of hydrogen-bond acceptors (Lipinski definition) is 6. The Hall–Kier alpha value is -3.44. The number of amides is 1. The monoisotopic (exact) mass is 365 g/mol. The molecule has 1 heterocycles.